The number of amides is 2. The van der Waals surface area contributed by atoms with Crippen LogP contribution < -0.4 is 0 Å². The van der Waals surface area contributed by atoms with Crippen LogP contribution >= 0.6 is 0 Å². The zero-order chi connectivity index (χ0) is 12.1. The first-order chi connectivity index (χ1) is 7.60. The summed E-state index contributed by atoms with van der Waals surface area (Å²) in [4.78, 5) is 15.7. The van der Waals surface area contributed by atoms with Gasteiger partial charge in [0.25, 0.3) is 0 Å². The van der Waals surface area contributed by atoms with Gasteiger partial charge in [-0.05, 0) is 31.8 Å². The quantitative estimate of drug-likeness (QED) is 0.659. The number of nitrogens with zero attached hydrogens (tertiary/aromatic N) is 2. The number of urea groups is 1. The van der Waals surface area contributed by atoms with Crippen LogP contribution in [0.1, 0.15) is 26.7 Å². The molecule has 1 fully saturated rings. The van der Waals surface area contributed by atoms with Crippen molar-refractivity contribution in [1.29, 1.82) is 0 Å². The molecule has 1 saturated heterocycles. The molecule has 0 unspecified atom stereocenters. The maximum Gasteiger partial charge on any atom is 0.324 e. The maximum atomic E-state index is 12.1. The van der Waals surface area contributed by atoms with Gasteiger partial charge in [-0.15, -0.1) is 0 Å². The van der Waals surface area contributed by atoms with Crippen molar-refractivity contribution in [2.24, 2.45) is 5.92 Å². The Bertz CT molecular complexity index is 288. The third kappa shape index (κ3) is 2.87. The molecule has 0 radical (unpaired) electrons. The lowest BCUT2D eigenvalue weighted by Crippen LogP contribution is -2.44. The van der Waals surface area contributed by atoms with Crippen LogP contribution in [-0.2, 0) is 0 Å². The van der Waals surface area contributed by atoms with Crippen LogP contribution in [0, 0.1) is 5.92 Å². The van der Waals surface area contributed by atoms with Gasteiger partial charge in [0.2, 0.25) is 0 Å². The molecule has 0 aromatic rings. The standard InChI is InChI=1S/C13H22N2O/c1-5-12(6-2)14(4)13(16)15-9-7-11(3)8-10-15/h5-6,11H,1,7-10H2,2-4H3/b12-6+. The SMILES string of the molecule is C=C/C(=C\C)N(C)C(=O)N1CCC(C)CC1. The Balaban J connectivity index is 2.60. The zero-order valence-electron chi connectivity index (χ0n) is 10.6. The largest absolute Gasteiger partial charge is 0.324 e. The number of likely N-dealkylation sites (tertiary alicyclic amines) is 1. The summed E-state index contributed by atoms with van der Waals surface area (Å²) in [5.41, 5.74) is 0.864. The van der Waals surface area contributed by atoms with Crippen molar-refractivity contribution < 1.29 is 4.79 Å². The number of piperidine rings is 1. The predicted octanol–water partition coefficient (Wildman–Crippen LogP) is 2.86. The lowest BCUT2D eigenvalue weighted by molar-refractivity contribution is 0.152. The van der Waals surface area contributed by atoms with Gasteiger partial charge in [0.05, 0.1) is 0 Å². The number of likely N-dealkylation sites (N-methyl/N-ethyl adjacent to an activating group) is 1. The van der Waals surface area contributed by atoms with Crippen molar-refractivity contribution in [2.45, 2.75) is 26.7 Å². The minimum atomic E-state index is 0.0832. The lowest BCUT2D eigenvalue weighted by atomic mass is 9.99. The summed E-state index contributed by atoms with van der Waals surface area (Å²) < 4.78 is 0. The molecule has 0 atom stereocenters. The number of carbonyl (C=O) groups is 1. The van der Waals surface area contributed by atoms with E-state index in [2.05, 4.69) is 13.5 Å². The van der Waals surface area contributed by atoms with Gasteiger partial charge in [-0.25, -0.2) is 4.79 Å². The van der Waals surface area contributed by atoms with Gasteiger partial charge in [0.15, 0.2) is 0 Å². The molecule has 2 amide bonds. The van der Waals surface area contributed by atoms with E-state index in [1.807, 2.05) is 17.9 Å². The summed E-state index contributed by atoms with van der Waals surface area (Å²) >= 11 is 0. The van der Waals surface area contributed by atoms with E-state index < -0.39 is 0 Å². The van der Waals surface area contributed by atoms with Crippen LogP contribution in [0.15, 0.2) is 24.4 Å². The average molecular weight is 222 g/mol. The average Bonchev–Trinajstić information content (AvgIpc) is 2.30. The summed E-state index contributed by atoms with van der Waals surface area (Å²) in [5, 5.41) is 0. The molecule has 1 aliphatic rings. The Morgan fingerprint density at radius 3 is 2.44 bits per heavy atom. The lowest BCUT2D eigenvalue weighted by Gasteiger charge is -2.33. The topological polar surface area (TPSA) is 23.6 Å². The molecule has 0 aromatic carbocycles. The highest BCUT2D eigenvalue weighted by Crippen LogP contribution is 2.18. The number of allylic oxidation sites excluding steroid dienone is 2. The molecule has 0 N–H and O–H groups in total. The van der Waals surface area contributed by atoms with Gasteiger partial charge in [-0.3, -0.25) is 4.90 Å². The second-order valence-electron chi connectivity index (χ2n) is 4.43. The fourth-order valence-electron chi connectivity index (χ4n) is 1.97. The molecule has 0 bridgehead atoms. The highest BCUT2D eigenvalue weighted by molar-refractivity contribution is 5.76. The van der Waals surface area contributed by atoms with Crippen LogP contribution in [0.25, 0.3) is 0 Å². The molecule has 3 nitrogen and oxygen atoms in total. The van der Waals surface area contributed by atoms with Crippen LogP contribution in [0.4, 0.5) is 4.79 Å². The van der Waals surface area contributed by atoms with Crippen molar-refractivity contribution in [3.63, 3.8) is 0 Å². The molecule has 0 spiro atoms. The smallest absolute Gasteiger partial charge is 0.324 e. The Hall–Kier alpha value is -1.25. The Morgan fingerprint density at radius 1 is 1.44 bits per heavy atom. The first-order valence-corrected chi connectivity index (χ1v) is 5.91. The number of hydrogen-bond donors (Lipinski definition) is 0. The van der Waals surface area contributed by atoms with Crippen molar-refractivity contribution in [1.82, 2.24) is 9.80 Å². The summed E-state index contributed by atoms with van der Waals surface area (Å²) in [6.45, 7) is 9.62. The summed E-state index contributed by atoms with van der Waals surface area (Å²) in [6.07, 6.45) is 5.83. The first kappa shape index (κ1) is 12.8. The van der Waals surface area contributed by atoms with Gasteiger partial charge in [-0.1, -0.05) is 19.6 Å². The van der Waals surface area contributed by atoms with Gasteiger partial charge in [0.1, 0.15) is 0 Å². The van der Waals surface area contributed by atoms with Crippen LogP contribution in [0.5, 0.6) is 0 Å². The zero-order valence-corrected chi connectivity index (χ0v) is 10.6. The van der Waals surface area contributed by atoms with Gasteiger partial charge in [-0.2, -0.15) is 0 Å². The highest BCUT2D eigenvalue weighted by atomic mass is 16.2. The van der Waals surface area contributed by atoms with E-state index in [0.717, 1.165) is 37.5 Å². The number of rotatable bonds is 2. The fraction of sp³-hybridized carbons (Fsp3) is 0.615. The van der Waals surface area contributed by atoms with E-state index in [1.165, 1.54) is 0 Å². The molecule has 90 valence electrons. The molecule has 1 aliphatic heterocycles. The van der Waals surface area contributed by atoms with Gasteiger partial charge >= 0.3 is 6.03 Å². The maximum absolute atomic E-state index is 12.1. The van der Waals surface area contributed by atoms with Crippen LogP contribution in [0.3, 0.4) is 0 Å². The second kappa shape index (κ2) is 5.73. The number of hydrogen-bond acceptors (Lipinski definition) is 1. The Kier molecular flexibility index (Phi) is 4.59. The van der Waals surface area contributed by atoms with Crippen molar-refractivity contribution in [2.75, 3.05) is 20.1 Å². The van der Waals surface area contributed by atoms with Crippen molar-refractivity contribution in [3.8, 4) is 0 Å². The molecular weight excluding hydrogens is 200 g/mol. The second-order valence-corrected chi connectivity index (χ2v) is 4.43. The van der Waals surface area contributed by atoms with Gasteiger partial charge in [0, 0.05) is 25.8 Å². The Labute approximate surface area is 98.4 Å². The van der Waals surface area contributed by atoms with E-state index >= 15 is 0 Å². The van der Waals surface area contributed by atoms with Gasteiger partial charge < -0.3 is 4.90 Å². The van der Waals surface area contributed by atoms with Crippen LogP contribution in [0.2, 0.25) is 0 Å². The highest BCUT2D eigenvalue weighted by Gasteiger charge is 2.23. The summed E-state index contributed by atoms with van der Waals surface area (Å²) in [6, 6.07) is 0.0832. The normalized spacial score (nSPS) is 18.4. The van der Waals surface area contributed by atoms with E-state index in [1.54, 1.807) is 18.0 Å². The third-order valence-electron chi connectivity index (χ3n) is 3.23. The van der Waals surface area contributed by atoms with E-state index in [4.69, 9.17) is 0 Å². The number of carbonyl (C=O) groups excluding carboxylic acids is 1. The predicted molar refractivity (Wildman–Crippen MR) is 67.1 cm³/mol. The first-order valence-electron chi connectivity index (χ1n) is 5.91. The van der Waals surface area contributed by atoms with E-state index in [-0.39, 0.29) is 6.03 Å². The fourth-order valence-corrected chi connectivity index (χ4v) is 1.97. The molecule has 0 aromatic heterocycles. The van der Waals surface area contributed by atoms with E-state index in [9.17, 15) is 4.79 Å². The minimum Gasteiger partial charge on any atom is -0.324 e. The summed E-state index contributed by atoms with van der Waals surface area (Å²) in [7, 11) is 1.80. The summed E-state index contributed by atoms with van der Waals surface area (Å²) in [5.74, 6) is 0.745. The molecule has 0 saturated carbocycles. The van der Waals surface area contributed by atoms with E-state index in [0.29, 0.717) is 0 Å². The van der Waals surface area contributed by atoms with Crippen molar-refractivity contribution in [3.05, 3.63) is 24.4 Å². The monoisotopic (exact) mass is 222 g/mol. The van der Waals surface area contributed by atoms with Crippen LogP contribution in [-0.4, -0.2) is 36.0 Å². The third-order valence-corrected chi connectivity index (χ3v) is 3.23. The molecule has 1 heterocycles. The molecule has 16 heavy (non-hydrogen) atoms. The minimum absolute atomic E-state index is 0.0832. The molecular formula is C13H22N2O. The Morgan fingerprint density at radius 2 is 2.00 bits per heavy atom. The molecule has 3 heteroatoms. The molecule has 1 rings (SSSR count). The molecule has 0 aliphatic carbocycles. The van der Waals surface area contributed by atoms with Crippen molar-refractivity contribution >= 4 is 6.03 Å².